The van der Waals surface area contributed by atoms with Crippen LogP contribution in [0.5, 0.6) is 5.75 Å². The van der Waals surface area contributed by atoms with E-state index in [0.717, 1.165) is 44.7 Å². The van der Waals surface area contributed by atoms with Crippen molar-refractivity contribution in [3.8, 4) is 28.1 Å². The second kappa shape index (κ2) is 9.00. The van der Waals surface area contributed by atoms with Crippen molar-refractivity contribution in [1.29, 1.82) is 0 Å². The number of H-pyrrole nitrogens is 1. The van der Waals surface area contributed by atoms with E-state index in [4.69, 9.17) is 9.84 Å². The van der Waals surface area contributed by atoms with Crippen LogP contribution < -0.4 is 10.1 Å². The summed E-state index contributed by atoms with van der Waals surface area (Å²) in [5.41, 5.74) is 7.26. The topological polar surface area (TPSA) is 84.8 Å². The van der Waals surface area contributed by atoms with Crippen LogP contribution in [0.4, 0.5) is 0 Å². The van der Waals surface area contributed by atoms with Gasteiger partial charge in [-0.1, -0.05) is 50.2 Å². The molecule has 0 atom stereocenters. The van der Waals surface area contributed by atoms with Crippen LogP contribution >= 0.6 is 0 Å². The Bertz CT molecular complexity index is 1550. The van der Waals surface area contributed by atoms with Gasteiger partial charge in [-0.05, 0) is 46.9 Å². The van der Waals surface area contributed by atoms with Crippen molar-refractivity contribution in [3.05, 3.63) is 89.9 Å². The molecule has 2 aromatic carbocycles. The van der Waals surface area contributed by atoms with Gasteiger partial charge < -0.3 is 15.0 Å². The molecule has 1 aliphatic heterocycles. The van der Waals surface area contributed by atoms with E-state index < -0.39 is 0 Å². The average molecular weight is 478 g/mol. The van der Waals surface area contributed by atoms with E-state index >= 15 is 0 Å². The summed E-state index contributed by atoms with van der Waals surface area (Å²) < 4.78 is 7.86. The molecule has 0 radical (unpaired) electrons. The number of nitrogens with zero attached hydrogens (tertiary/aromatic N) is 3. The number of aromatic nitrogens is 4. The van der Waals surface area contributed by atoms with Gasteiger partial charge in [-0.15, -0.1) is 0 Å². The van der Waals surface area contributed by atoms with Crippen molar-refractivity contribution in [1.82, 2.24) is 25.1 Å². The molecule has 1 amide bonds. The fourth-order valence-corrected chi connectivity index (χ4v) is 4.73. The molecule has 7 heteroatoms. The lowest BCUT2D eigenvalue weighted by atomic mass is 9.97. The lowest BCUT2D eigenvalue weighted by molar-refractivity contribution is 0.0925. The highest BCUT2D eigenvalue weighted by Crippen LogP contribution is 2.38. The number of benzene rings is 2. The van der Waals surface area contributed by atoms with Crippen molar-refractivity contribution in [3.63, 3.8) is 0 Å². The maximum atomic E-state index is 12.9. The van der Waals surface area contributed by atoms with E-state index in [1.165, 1.54) is 5.56 Å². The molecule has 36 heavy (non-hydrogen) atoms. The van der Waals surface area contributed by atoms with Crippen LogP contribution in [0.1, 0.15) is 41.4 Å². The normalized spacial score (nSPS) is 13.1. The van der Waals surface area contributed by atoms with Crippen LogP contribution in [0.3, 0.4) is 0 Å². The minimum atomic E-state index is -0.112. The molecule has 2 N–H and O–H groups in total. The largest absolute Gasteiger partial charge is 0.489 e. The molecular weight excluding hydrogens is 450 g/mol. The second-order valence-electron chi connectivity index (χ2n) is 9.36. The highest BCUT2D eigenvalue weighted by Gasteiger charge is 2.28. The number of amides is 1. The fraction of sp³-hybridized carbons (Fsp3) is 0.207. The van der Waals surface area contributed by atoms with Gasteiger partial charge in [0.2, 0.25) is 0 Å². The molecule has 0 saturated heterocycles. The summed E-state index contributed by atoms with van der Waals surface area (Å²) in [5.74, 6) is 1.17. The number of rotatable bonds is 6. The molecule has 0 spiro atoms. The van der Waals surface area contributed by atoms with Gasteiger partial charge in [-0.25, -0.2) is 4.98 Å². The number of carbonyl (C=O) groups excluding carboxylic acids is 1. The molecule has 5 aromatic rings. The number of pyridine rings is 1. The molecule has 1 aliphatic rings. The lowest BCUT2D eigenvalue weighted by Crippen LogP contribution is -2.35. The van der Waals surface area contributed by atoms with Crippen LogP contribution in [-0.2, 0) is 13.2 Å². The molecule has 0 unspecified atom stereocenters. The van der Waals surface area contributed by atoms with E-state index in [2.05, 4.69) is 53.4 Å². The van der Waals surface area contributed by atoms with Crippen molar-refractivity contribution >= 4 is 16.9 Å². The molecule has 4 heterocycles. The summed E-state index contributed by atoms with van der Waals surface area (Å²) in [5, 5.41) is 8.81. The van der Waals surface area contributed by atoms with Gasteiger partial charge >= 0.3 is 0 Å². The van der Waals surface area contributed by atoms with Crippen LogP contribution in [0.2, 0.25) is 0 Å². The third-order valence-corrected chi connectivity index (χ3v) is 6.69. The lowest BCUT2D eigenvalue weighted by Gasteiger charge is -2.15. The van der Waals surface area contributed by atoms with Crippen molar-refractivity contribution < 1.29 is 9.53 Å². The van der Waals surface area contributed by atoms with Gasteiger partial charge in [0.15, 0.2) is 0 Å². The van der Waals surface area contributed by atoms with Crippen molar-refractivity contribution in [2.75, 3.05) is 6.54 Å². The standard InChI is InChI=1S/C29H27N5O2/c1-18(2)20-5-3-19(4-6-20)17-36-22-9-7-21(8-10-22)25-26(33-34-16-15-32-29(35)27(25)34)23-11-13-30-28-24(23)12-14-31-28/h3-14,18H,15-17H2,1-2H3,(H,30,31)(H,32,35). The number of aromatic amines is 1. The number of ether oxygens (including phenoxy) is 1. The Labute approximate surface area is 209 Å². The summed E-state index contributed by atoms with van der Waals surface area (Å²) in [4.78, 5) is 20.5. The van der Waals surface area contributed by atoms with Gasteiger partial charge in [-0.3, -0.25) is 9.48 Å². The molecule has 180 valence electrons. The highest BCUT2D eigenvalue weighted by molar-refractivity contribution is 6.06. The molecular formula is C29H27N5O2. The van der Waals surface area contributed by atoms with Gasteiger partial charge in [0.05, 0.1) is 6.54 Å². The van der Waals surface area contributed by atoms with Gasteiger partial charge in [-0.2, -0.15) is 5.10 Å². The quantitative estimate of drug-likeness (QED) is 0.336. The SMILES string of the molecule is CC(C)c1ccc(COc2ccc(-c3c(-c4ccnc5[nH]ccc45)nn4c3C(=O)NCC4)cc2)cc1. The maximum absolute atomic E-state index is 12.9. The van der Waals surface area contributed by atoms with Crippen LogP contribution in [-0.4, -0.2) is 32.2 Å². The Morgan fingerprint density at radius 3 is 2.61 bits per heavy atom. The molecule has 6 rings (SSSR count). The van der Waals surface area contributed by atoms with Crippen LogP contribution in [0.25, 0.3) is 33.4 Å². The zero-order chi connectivity index (χ0) is 24.6. The predicted octanol–water partition coefficient (Wildman–Crippen LogP) is 5.54. The smallest absolute Gasteiger partial charge is 0.270 e. The van der Waals surface area contributed by atoms with Crippen molar-refractivity contribution in [2.24, 2.45) is 0 Å². The third kappa shape index (κ3) is 3.92. The first kappa shape index (κ1) is 22.1. The summed E-state index contributed by atoms with van der Waals surface area (Å²) in [6.45, 7) is 6.07. The predicted molar refractivity (Wildman–Crippen MR) is 140 cm³/mol. The Hall–Kier alpha value is -4.39. The van der Waals surface area contributed by atoms with E-state index in [1.807, 2.05) is 47.3 Å². The van der Waals surface area contributed by atoms with Crippen LogP contribution in [0.15, 0.2) is 73.1 Å². The number of hydrogen-bond acceptors (Lipinski definition) is 4. The van der Waals surface area contributed by atoms with Crippen molar-refractivity contribution in [2.45, 2.75) is 32.9 Å². The summed E-state index contributed by atoms with van der Waals surface area (Å²) in [6.07, 6.45) is 3.63. The highest BCUT2D eigenvalue weighted by atomic mass is 16.5. The molecule has 3 aromatic heterocycles. The number of nitrogens with one attached hydrogen (secondary N) is 2. The summed E-state index contributed by atoms with van der Waals surface area (Å²) in [6, 6.07) is 20.4. The molecule has 7 nitrogen and oxygen atoms in total. The second-order valence-corrected chi connectivity index (χ2v) is 9.36. The minimum Gasteiger partial charge on any atom is -0.489 e. The zero-order valence-electron chi connectivity index (χ0n) is 20.3. The first-order chi connectivity index (χ1) is 17.6. The van der Waals surface area contributed by atoms with E-state index in [1.54, 1.807) is 6.20 Å². The molecule has 0 saturated carbocycles. The monoisotopic (exact) mass is 477 g/mol. The van der Waals surface area contributed by atoms with Gasteiger partial charge in [0.25, 0.3) is 5.91 Å². The first-order valence-electron chi connectivity index (χ1n) is 12.2. The van der Waals surface area contributed by atoms with Crippen LogP contribution in [0, 0.1) is 0 Å². The summed E-state index contributed by atoms with van der Waals surface area (Å²) >= 11 is 0. The fourth-order valence-electron chi connectivity index (χ4n) is 4.73. The average Bonchev–Trinajstić information content (AvgIpc) is 3.54. The Morgan fingerprint density at radius 1 is 1.03 bits per heavy atom. The minimum absolute atomic E-state index is 0.112. The first-order valence-corrected chi connectivity index (χ1v) is 12.2. The van der Waals surface area contributed by atoms with E-state index in [-0.39, 0.29) is 5.91 Å². The zero-order valence-corrected chi connectivity index (χ0v) is 20.3. The Balaban J connectivity index is 1.34. The third-order valence-electron chi connectivity index (χ3n) is 6.69. The number of hydrogen-bond donors (Lipinski definition) is 2. The summed E-state index contributed by atoms with van der Waals surface area (Å²) in [7, 11) is 0. The Kier molecular flexibility index (Phi) is 5.52. The number of carbonyl (C=O) groups is 1. The van der Waals surface area contributed by atoms with Gasteiger partial charge in [0.1, 0.15) is 29.4 Å². The molecule has 0 bridgehead atoms. The van der Waals surface area contributed by atoms with E-state index in [0.29, 0.717) is 31.3 Å². The molecule has 0 fully saturated rings. The number of fused-ring (bicyclic) bond motifs is 2. The maximum Gasteiger partial charge on any atom is 0.270 e. The Morgan fingerprint density at radius 2 is 1.83 bits per heavy atom. The van der Waals surface area contributed by atoms with E-state index in [9.17, 15) is 4.79 Å². The van der Waals surface area contributed by atoms with Gasteiger partial charge in [0, 0.05) is 35.5 Å². The molecule has 0 aliphatic carbocycles.